The van der Waals surface area contributed by atoms with Crippen molar-refractivity contribution in [3.05, 3.63) is 0 Å². The van der Waals surface area contributed by atoms with Crippen molar-refractivity contribution in [1.82, 2.24) is 4.90 Å². The highest BCUT2D eigenvalue weighted by Crippen LogP contribution is 2.25. The van der Waals surface area contributed by atoms with E-state index in [4.69, 9.17) is 10.8 Å². The highest BCUT2D eigenvalue weighted by molar-refractivity contribution is 5.01. The Morgan fingerprint density at radius 1 is 1.50 bits per heavy atom. The van der Waals surface area contributed by atoms with Crippen LogP contribution in [-0.4, -0.2) is 41.8 Å². The van der Waals surface area contributed by atoms with Crippen LogP contribution >= 0.6 is 0 Å². The molecule has 0 atom stereocenters. The van der Waals surface area contributed by atoms with Crippen molar-refractivity contribution < 1.29 is 5.11 Å². The maximum absolute atomic E-state index is 8.62. The fourth-order valence-electron chi connectivity index (χ4n) is 1.60. The average Bonchev–Trinajstić information content (AvgIpc) is 1.95. The molecule has 3 N–H and O–H groups in total. The van der Waals surface area contributed by atoms with Gasteiger partial charge in [-0.3, -0.25) is 4.90 Å². The van der Waals surface area contributed by atoms with Crippen molar-refractivity contribution >= 4 is 0 Å². The molecular formula is C9H20N2O. The van der Waals surface area contributed by atoms with Crippen LogP contribution in [0.3, 0.4) is 0 Å². The van der Waals surface area contributed by atoms with Crippen LogP contribution < -0.4 is 5.73 Å². The minimum absolute atomic E-state index is 0.0372. The molecule has 0 unspecified atom stereocenters. The highest BCUT2D eigenvalue weighted by atomic mass is 16.3. The first kappa shape index (κ1) is 9.96. The lowest BCUT2D eigenvalue weighted by molar-refractivity contribution is 0.0335. The average molecular weight is 172 g/mol. The molecule has 0 amide bonds. The first-order valence-electron chi connectivity index (χ1n) is 4.70. The topological polar surface area (TPSA) is 49.5 Å². The number of aliphatic hydroxyl groups excluding tert-OH is 1. The molecule has 1 aliphatic heterocycles. The largest absolute Gasteiger partial charge is 0.396 e. The summed E-state index contributed by atoms with van der Waals surface area (Å²) in [6.45, 7) is 7.60. The summed E-state index contributed by atoms with van der Waals surface area (Å²) in [5.74, 6) is 0.558. The number of nitrogens with zero attached hydrogens (tertiary/aromatic N) is 1. The molecule has 0 spiro atoms. The zero-order chi connectivity index (χ0) is 9.19. The van der Waals surface area contributed by atoms with Gasteiger partial charge in [0.15, 0.2) is 0 Å². The zero-order valence-electron chi connectivity index (χ0n) is 8.08. The van der Waals surface area contributed by atoms with E-state index in [0.29, 0.717) is 5.92 Å². The van der Waals surface area contributed by atoms with E-state index in [1.807, 2.05) is 0 Å². The minimum Gasteiger partial charge on any atom is -0.396 e. The predicted molar refractivity (Wildman–Crippen MR) is 49.9 cm³/mol. The summed E-state index contributed by atoms with van der Waals surface area (Å²) >= 11 is 0. The van der Waals surface area contributed by atoms with E-state index < -0.39 is 0 Å². The second-order valence-corrected chi connectivity index (χ2v) is 4.18. The number of nitrogens with two attached hydrogens (primary N) is 1. The Morgan fingerprint density at radius 2 is 2.08 bits per heavy atom. The number of rotatable bonds is 4. The van der Waals surface area contributed by atoms with Gasteiger partial charge >= 0.3 is 0 Å². The summed E-state index contributed by atoms with van der Waals surface area (Å²) in [6, 6.07) is 0. The van der Waals surface area contributed by atoms with Crippen LogP contribution in [0.25, 0.3) is 0 Å². The van der Waals surface area contributed by atoms with Gasteiger partial charge in [0.25, 0.3) is 0 Å². The molecule has 72 valence electrons. The molecule has 1 fully saturated rings. The van der Waals surface area contributed by atoms with Crippen molar-refractivity contribution in [1.29, 1.82) is 0 Å². The van der Waals surface area contributed by atoms with Gasteiger partial charge in [0.05, 0.1) is 0 Å². The third-order valence-electron chi connectivity index (χ3n) is 2.82. The monoisotopic (exact) mass is 172 g/mol. The van der Waals surface area contributed by atoms with Gasteiger partial charge in [0.2, 0.25) is 0 Å². The standard InChI is InChI=1S/C9H20N2O/c1-8(2)9(10)6-11(7-9)4-3-5-12/h8,12H,3-7,10H2,1-2H3. The lowest BCUT2D eigenvalue weighted by atomic mass is 9.80. The van der Waals surface area contributed by atoms with E-state index in [9.17, 15) is 0 Å². The van der Waals surface area contributed by atoms with Crippen LogP contribution in [0.4, 0.5) is 0 Å². The van der Waals surface area contributed by atoms with Crippen LogP contribution in [0.2, 0.25) is 0 Å². The van der Waals surface area contributed by atoms with Crippen molar-refractivity contribution in [2.45, 2.75) is 25.8 Å². The Hall–Kier alpha value is -0.120. The molecule has 0 aliphatic carbocycles. The molecule has 3 heteroatoms. The Balaban J connectivity index is 2.18. The summed E-state index contributed by atoms with van der Waals surface area (Å²) < 4.78 is 0. The van der Waals surface area contributed by atoms with Gasteiger partial charge in [-0.2, -0.15) is 0 Å². The molecule has 1 heterocycles. The quantitative estimate of drug-likeness (QED) is 0.629. The summed E-state index contributed by atoms with van der Waals surface area (Å²) in [7, 11) is 0. The molecule has 1 saturated heterocycles. The lowest BCUT2D eigenvalue weighted by Gasteiger charge is -2.50. The van der Waals surface area contributed by atoms with E-state index in [0.717, 1.165) is 26.1 Å². The van der Waals surface area contributed by atoms with Gasteiger partial charge < -0.3 is 10.8 Å². The third kappa shape index (κ3) is 1.97. The lowest BCUT2D eigenvalue weighted by Crippen LogP contribution is -2.69. The van der Waals surface area contributed by atoms with Crippen LogP contribution in [0.1, 0.15) is 20.3 Å². The molecule has 1 aliphatic rings. The molecule has 0 radical (unpaired) electrons. The normalized spacial score (nSPS) is 22.8. The van der Waals surface area contributed by atoms with Gasteiger partial charge in [0.1, 0.15) is 0 Å². The summed E-state index contributed by atoms with van der Waals surface area (Å²) in [6.07, 6.45) is 0.869. The predicted octanol–water partition coefficient (Wildman–Crippen LogP) is 0.0379. The third-order valence-corrected chi connectivity index (χ3v) is 2.82. The number of hydrogen-bond acceptors (Lipinski definition) is 3. The van der Waals surface area contributed by atoms with Gasteiger partial charge in [-0.05, 0) is 12.3 Å². The Labute approximate surface area is 74.5 Å². The molecule has 0 aromatic heterocycles. The van der Waals surface area contributed by atoms with E-state index in [1.54, 1.807) is 0 Å². The van der Waals surface area contributed by atoms with Crippen molar-refractivity contribution in [3.8, 4) is 0 Å². The first-order chi connectivity index (χ1) is 5.58. The maximum atomic E-state index is 8.62. The fraction of sp³-hybridized carbons (Fsp3) is 1.00. The smallest absolute Gasteiger partial charge is 0.0443 e. The molecule has 0 bridgehead atoms. The van der Waals surface area contributed by atoms with Gasteiger partial charge in [-0.25, -0.2) is 0 Å². The molecular weight excluding hydrogens is 152 g/mol. The van der Waals surface area contributed by atoms with Crippen LogP contribution in [0.15, 0.2) is 0 Å². The molecule has 0 aromatic carbocycles. The second-order valence-electron chi connectivity index (χ2n) is 4.18. The zero-order valence-corrected chi connectivity index (χ0v) is 8.08. The van der Waals surface area contributed by atoms with E-state index in [2.05, 4.69) is 18.7 Å². The molecule has 1 rings (SSSR count). The Morgan fingerprint density at radius 3 is 2.50 bits per heavy atom. The van der Waals surface area contributed by atoms with Crippen LogP contribution in [0, 0.1) is 5.92 Å². The van der Waals surface area contributed by atoms with E-state index in [-0.39, 0.29) is 12.1 Å². The highest BCUT2D eigenvalue weighted by Gasteiger charge is 2.41. The van der Waals surface area contributed by atoms with Crippen LogP contribution in [-0.2, 0) is 0 Å². The Kier molecular flexibility index (Phi) is 3.09. The van der Waals surface area contributed by atoms with Gasteiger partial charge in [0, 0.05) is 31.8 Å². The first-order valence-corrected chi connectivity index (χ1v) is 4.70. The van der Waals surface area contributed by atoms with Crippen molar-refractivity contribution in [3.63, 3.8) is 0 Å². The second kappa shape index (κ2) is 3.73. The number of aliphatic hydroxyl groups is 1. The van der Waals surface area contributed by atoms with Crippen molar-refractivity contribution in [2.75, 3.05) is 26.2 Å². The molecule has 0 aromatic rings. The summed E-state index contributed by atoms with van der Waals surface area (Å²) in [5, 5.41) is 8.62. The van der Waals surface area contributed by atoms with E-state index >= 15 is 0 Å². The van der Waals surface area contributed by atoms with Crippen LogP contribution in [0.5, 0.6) is 0 Å². The SMILES string of the molecule is CC(C)C1(N)CN(CCCO)C1. The van der Waals surface area contributed by atoms with Crippen molar-refractivity contribution in [2.24, 2.45) is 11.7 Å². The van der Waals surface area contributed by atoms with E-state index in [1.165, 1.54) is 0 Å². The summed E-state index contributed by atoms with van der Waals surface area (Å²) in [4.78, 5) is 2.30. The number of likely N-dealkylation sites (tertiary alicyclic amines) is 1. The maximum Gasteiger partial charge on any atom is 0.0443 e. The summed E-state index contributed by atoms with van der Waals surface area (Å²) in [5.41, 5.74) is 6.14. The molecule has 0 saturated carbocycles. The van der Waals surface area contributed by atoms with Gasteiger partial charge in [-0.15, -0.1) is 0 Å². The number of hydrogen-bond donors (Lipinski definition) is 2. The molecule has 12 heavy (non-hydrogen) atoms. The minimum atomic E-state index is 0.0372. The van der Waals surface area contributed by atoms with Gasteiger partial charge in [-0.1, -0.05) is 13.8 Å². The Bertz CT molecular complexity index is 141. The molecule has 3 nitrogen and oxygen atoms in total. The fourth-order valence-corrected chi connectivity index (χ4v) is 1.60.